The van der Waals surface area contributed by atoms with Gasteiger partial charge < -0.3 is 5.11 Å². The summed E-state index contributed by atoms with van der Waals surface area (Å²) in [5.74, 6) is -0.931. The van der Waals surface area contributed by atoms with E-state index >= 15 is 0 Å². The summed E-state index contributed by atoms with van der Waals surface area (Å²) in [6, 6.07) is 3.50. The number of halogens is 2. The van der Waals surface area contributed by atoms with Gasteiger partial charge in [0.05, 0.1) is 15.3 Å². The smallest absolute Gasteiger partial charge is 0.337 e. The molecule has 1 aromatic heterocycles. The summed E-state index contributed by atoms with van der Waals surface area (Å²) in [5, 5.41) is 11.8. The van der Waals surface area contributed by atoms with E-state index in [-0.39, 0.29) is 0 Å². The van der Waals surface area contributed by atoms with Crippen LogP contribution in [0, 0.1) is 0 Å². The zero-order valence-corrected chi connectivity index (χ0v) is 11.9. The molecule has 0 saturated heterocycles. The molecule has 2 rings (SSSR count). The van der Waals surface area contributed by atoms with Gasteiger partial charge in [0, 0.05) is 15.2 Å². The summed E-state index contributed by atoms with van der Waals surface area (Å²) in [6.07, 6.45) is 0. The van der Waals surface area contributed by atoms with Gasteiger partial charge in [-0.05, 0) is 12.1 Å². The van der Waals surface area contributed by atoms with Crippen molar-refractivity contribution in [1.82, 2.24) is 0 Å². The van der Waals surface area contributed by atoms with Gasteiger partial charge in [0.2, 0.25) is 0 Å². The van der Waals surface area contributed by atoms with Gasteiger partial charge in [-0.3, -0.25) is 0 Å². The van der Waals surface area contributed by atoms with Crippen LogP contribution in [0.25, 0.3) is 10.1 Å². The number of carboxylic acids is 1. The van der Waals surface area contributed by atoms with Gasteiger partial charge in [0.1, 0.15) is 0 Å². The van der Waals surface area contributed by atoms with E-state index in [2.05, 4.69) is 15.9 Å². The maximum atomic E-state index is 10.9. The van der Waals surface area contributed by atoms with Gasteiger partial charge in [-0.1, -0.05) is 41.4 Å². The van der Waals surface area contributed by atoms with Crippen LogP contribution in [0.3, 0.4) is 0 Å². The van der Waals surface area contributed by atoms with E-state index in [0.29, 0.717) is 16.0 Å². The Hall–Kier alpha value is -0.580. The van der Waals surface area contributed by atoms with Gasteiger partial charge in [-0.15, -0.1) is 11.3 Å². The summed E-state index contributed by atoms with van der Waals surface area (Å²) in [4.78, 5) is 10.9. The van der Waals surface area contributed by atoms with Crippen molar-refractivity contribution in [2.45, 2.75) is 13.8 Å². The largest absolute Gasteiger partial charge is 0.478 e. The molecule has 0 spiro atoms. The second kappa shape index (κ2) is 5.66. The van der Waals surface area contributed by atoms with E-state index in [1.54, 1.807) is 17.5 Å². The van der Waals surface area contributed by atoms with E-state index in [1.807, 2.05) is 13.8 Å². The number of hydrogen-bond donors (Lipinski definition) is 1. The molecule has 1 N–H and O–H groups in total. The number of fused-ring (bicyclic) bond motifs is 1. The predicted octanol–water partition coefficient (Wildman–Crippen LogP) is 5.04. The fourth-order valence-electron chi connectivity index (χ4n) is 1.23. The van der Waals surface area contributed by atoms with Crippen LogP contribution in [-0.2, 0) is 0 Å². The Balaban J connectivity index is 0.000000606. The van der Waals surface area contributed by atoms with Gasteiger partial charge in [0.15, 0.2) is 0 Å². The summed E-state index contributed by atoms with van der Waals surface area (Å²) in [6.45, 7) is 4.00. The first-order valence-corrected chi connectivity index (χ1v) is 6.75. The monoisotopic (exact) mass is 320 g/mol. The van der Waals surface area contributed by atoms with Crippen LogP contribution in [0.5, 0.6) is 0 Å². The van der Waals surface area contributed by atoms with E-state index in [4.69, 9.17) is 16.7 Å². The molecule has 5 heteroatoms. The summed E-state index contributed by atoms with van der Waals surface area (Å²) < 4.78 is 1.56. The van der Waals surface area contributed by atoms with Crippen molar-refractivity contribution >= 4 is 54.9 Å². The molecule has 2 aromatic rings. The first-order valence-electron chi connectivity index (χ1n) is 4.69. The Morgan fingerprint density at radius 2 is 2.06 bits per heavy atom. The molecule has 1 heterocycles. The van der Waals surface area contributed by atoms with Crippen LogP contribution in [0.2, 0.25) is 5.02 Å². The zero-order valence-electron chi connectivity index (χ0n) is 8.75. The first-order chi connectivity index (χ1) is 7.61. The highest BCUT2D eigenvalue weighted by Crippen LogP contribution is 2.37. The Bertz CT molecular complexity index is 522. The second-order valence-electron chi connectivity index (χ2n) is 2.69. The van der Waals surface area contributed by atoms with Crippen LogP contribution in [-0.4, -0.2) is 11.1 Å². The average molecular weight is 322 g/mol. The lowest BCUT2D eigenvalue weighted by Crippen LogP contribution is -1.93. The van der Waals surface area contributed by atoms with Gasteiger partial charge in [-0.25, -0.2) is 4.79 Å². The van der Waals surface area contributed by atoms with Gasteiger partial charge in [0.25, 0.3) is 0 Å². The maximum Gasteiger partial charge on any atom is 0.337 e. The summed E-state index contributed by atoms with van der Waals surface area (Å²) in [5.41, 5.74) is 0.291. The average Bonchev–Trinajstić information content (AvgIpc) is 2.72. The highest BCUT2D eigenvalue weighted by Gasteiger charge is 2.15. The number of carboxylic acid groups (broad SMARTS) is 1. The minimum absolute atomic E-state index is 0.291. The van der Waals surface area contributed by atoms with E-state index in [0.717, 1.165) is 9.17 Å². The number of benzene rings is 1. The van der Waals surface area contributed by atoms with Crippen molar-refractivity contribution in [3.05, 3.63) is 32.6 Å². The number of hydrogen-bond acceptors (Lipinski definition) is 2. The fraction of sp³-hybridized carbons (Fsp3) is 0.182. The van der Waals surface area contributed by atoms with Crippen molar-refractivity contribution in [3.8, 4) is 0 Å². The lowest BCUT2D eigenvalue weighted by molar-refractivity contribution is 0.0699. The van der Waals surface area contributed by atoms with Crippen LogP contribution >= 0.6 is 38.9 Å². The molecule has 0 amide bonds. The van der Waals surface area contributed by atoms with Crippen LogP contribution < -0.4 is 0 Å². The molecular formula is C11H10BrClO2S. The Labute approximate surface area is 111 Å². The van der Waals surface area contributed by atoms with E-state index in [9.17, 15) is 4.79 Å². The summed E-state index contributed by atoms with van der Waals surface area (Å²) in [7, 11) is 0. The molecular weight excluding hydrogens is 312 g/mol. The molecule has 0 bridgehead atoms. The predicted molar refractivity (Wildman–Crippen MR) is 72.8 cm³/mol. The van der Waals surface area contributed by atoms with E-state index < -0.39 is 5.97 Å². The number of aromatic carboxylic acids is 1. The molecule has 0 atom stereocenters. The van der Waals surface area contributed by atoms with Crippen LogP contribution in [0.1, 0.15) is 24.2 Å². The Kier molecular flexibility index (Phi) is 4.77. The zero-order chi connectivity index (χ0) is 12.3. The minimum Gasteiger partial charge on any atom is -0.478 e. The topological polar surface area (TPSA) is 37.3 Å². The summed E-state index contributed by atoms with van der Waals surface area (Å²) >= 11 is 10.6. The molecule has 2 nitrogen and oxygen atoms in total. The van der Waals surface area contributed by atoms with Crippen molar-refractivity contribution in [2.75, 3.05) is 0 Å². The molecule has 0 radical (unpaired) electrons. The van der Waals surface area contributed by atoms with Crippen molar-refractivity contribution < 1.29 is 9.90 Å². The quantitative estimate of drug-likeness (QED) is 0.798. The minimum atomic E-state index is -0.931. The van der Waals surface area contributed by atoms with Crippen LogP contribution in [0.4, 0.5) is 0 Å². The number of carbonyl (C=O) groups is 1. The fourth-order valence-corrected chi connectivity index (χ4v) is 3.17. The molecule has 0 aliphatic rings. The lowest BCUT2D eigenvalue weighted by Gasteiger charge is -1.98. The van der Waals surface area contributed by atoms with Crippen molar-refractivity contribution in [2.24, 2.45) is 0 Å². The maximum absolute atomic E-state index is 10.9. The van der Waals surface area contributed by atoms with Crippen LogP contribution in [0.15, 0.2) is 22.0 Å². The molecule has 0 aliphatic heterocycles. The lowest BCUT2D eigenvalue weighted by atomic mass is 10.2. The molecule has 0 aliphatic carbocycles. The molecule has 1 aromatic carbocycles. The third-order valence-electron chi connectivity index (χ3n) is 1.85. The van der Waals surface area contributed by atoms with Gasteiger partial charge >= 0.3 is 5.97 Å². The Morgan fingerprint density at radius 1 is 1.44 bits per heavy atom. The van der Waals surface area contributed by atoms with Crippen molar-refractivity contribution in [3.63, 3.8) is 0 Å². The SMILES string of the molecule is CC.O=C(O)c1csc2c(Cl)ccc(Br)c12. The molecule has 0 unspecified atom stereocenters. The van der Waals surface area contributed by atoms with E-state index in [1.165, 1.54) is 11.3 Å². The normalized spacial score (nSPS) is 9.75. The highest BCUT2D eigenvalue weighted by atomic mass is 79.9. The molecule has 0 fully saturated rings. The standard InChI is InChI=1S/C9H4BrClO2S.C2H6/c10-5-1-2-6(11)8-7(5)4(3-14-8)9(12)13;1-2/h1-3H,(H,12,13);1-2H3. The number of rotatable bonds is 1. The molecule has 0 saturated carbocycles. The third kappa shape index (κ3) is 2.39. The molecule has 86 valence electrons. The third-order valence-corrected chi connectivity index (χ3v) is 3.95. The van der Waals surface area contributed by atoms with Crippen molar-refractivity contribution in [1.29, 1.82) is 0 Å². The number of thiophene rings is 1. The molecule has 16 heavy (non-hydrogen) atoms. The Morgan fingerprint density at radius 3 is 2.62 bits per heavy atom. The highest BCUT2D eigenvalue weighted by molar-refractivity contribution is 9.10. The van der Waals surface area contributed by atoms with Gasteiger partial charge in [-0.2, -0.15) is 0 Å². The first kappa shape index (κ1) is 13.5. The second-order valence-corrected chi connectivity index (χ2v) is 4.83.